The highest BCUT2D eigenvalue weighted by atomic mass is 16.2. The summed E-state index contributed by atoms with van der Waals surface area (Å²) in [5.41, 5.74) is 3.52. The van der Waals surface area contributed by atoms with Crippen molar-refractivity contribution in [1.82, 2.24) is 5.43 Å². The lowest BCUT2D eigenvalue weighted by Crippen LogP contribution is -2.19. The average Bonchev–Trinajstić information content (AvgIpc) is 2.44. The molecule has 2 rings (SSSR count). The second-order valence-electron chi connectivity index (χ2n) is 4.15. The van der Waals surface area contributed by atoms with Gasteiger partial charge in [-0.15, -0.1) is 0 Å². The van der Waals surface area contributed by atoms with E-state index in [0.717, 1.165) is 16.3 Å². The van der Waals surface area contributed by atoms with E-state index in [4.69, 9.17) is 0 Å². The summed E-state index contributed by atoms with van der Waals surface area (Å²) in [6, 6.07) is 14.0. The Morgan fingerprint density at radius 3 is 2.84 bits per heavy atom. The molecule has 0 aromatic heterocycles. The van der Waals surface area contributed by atoms with E-state index in [1.807, 2.05) is 55.5 Å². The molecule has 0 unspecified atom stereocenters. The maximum atomic E-state index is 11.8. The Balaban J connectivity index is 2.11. The lowest BCUT2D eigenvalue weighted by Gasteiger charge is -2.05. The standard InChI is InChI=1S/C16H16N2O/c1-2-3-11-17-18-16(19)12-14-9-6-8-13-7-4-5-10-15(13)14/h2-11H,12H2,1H3,(H,18,19)/b3-2+,17-11+. The summed E-state index contributed by atoms with van der Waals surface area (Å²) in [7, 11) is 0. The summed E-state index contributed by atoms with van der Waals surface area (Å²) in [5, 5.41) is 6.08. The number of hydrazone groups is 1. The molecule has 0 heterocycles. The molecule has 0 spiro atoms. The predicted octanol–water partition coefficient (Wildman–Crippen LogP) is 3.06. The number of fused-ring (bicyclic) bond motifs is 1. The number of hydrogen-bond donors (Lipinski definition) is 1. The SMILES string of the molecule is C/C=C/C=N/NC(=O)Cc1cccc2ccccc12. The van der Waals surface area contributed by atoms with Crippen LogP contribution in [0.15, 0.2) is 59.7 Å². The van der Waals surface area contributed by atoms with Crippen molar-refractivity contribution in [2.24, 2.45) is 5.10 Å². The Hall–Kier alpha value is -2.42. The van der Waals surface area contributed by atoms with E-state index in [1.54, 1.807) is 12.3 Å². The molecule has 0 fully saturated rings. The number of carbonyl (C=O) groups is 1. The average molecular weight is 252 g/mol. The molecule has 0 atom stereocenters. The van der Waals surface area contributed by atoms with Crippen molar-refractivity contribution in [3.63, 3.8) is 0 Å². The molecule has 3 heteroatoms. The molecule has 3 nitrogen and oxygen atoms in total. The molecule has 0 saturated heterocycles. The Kier molecular flexibility index (Phi) is 4.45. The van der Waals surface area contributed by atoms with Gasteiger partial charge in [0.05, 0.1) is 6.42 Å². The minimum Gasteiger partial charge on any atom is -0.273 e. The van der Waals surface area contributed by atoms with Gasteiger partial charge in [-0.1, -0.05) is 48.5 Å². The third-order valence-electron chi connectivity index (χ3n) is 2.77. The van der Waals surface area contributed by atoms with Crippen LogP contribution in [0.5, 0.6) is 0 Å². The van der Waals surface area contributed by atoms with Crippen molar-refractivity contribution in [1.29, 1.82) is 0 Å². The van der Waals surface area contributed by atoms with Gasteiger partial charge in [0.25, 0.3) is 0 Å². The molecule has 19 heavy (non-hydrogen) atoms. The highest BCUT2D eigenvalue weighted by molar-refractivity contribution is 5.90. The number of rotatable bonds is 4. The molecule has 0 saturated carbocycles. The zero-order chi connectivity index (χ0) is 13.5. The Morgan fingerprint density at radius 1 is 1.21 bits per heavy atom. The van der Waals surface area contributed by atoms with Gasteiger partial charge in [0.1, 0.15) is 0 Å². The van der Waals surface area contributed by atoms with E-state index in [-0.39, 0.29) is 5.91 Å². The Morgan fingerprint density at radius 2 is 2.00 bits per heavy atom. The van der Waals surface area contributed by atoms with Crippen LogP contribution in [0.4, 0.5) is 0 Å². The van der Waals surface area contributed by atoms with Gasteiger partial charge in [0.15, 0.2) is 0 Å². The summed E-state index contributed by atoms with van der Waals surface area (Å²) in [5.74, 6) is -0.114. The van der Waals surface area contributed by atoms with E-state index in [0.29, 0.717) is 6.42 Å². The number of amides is 1. The van der Waals surface area contributed by atoms with Gasteiger partial charge in [0, 0.05) is 6.21 Å². The van der Waals surface area contributed by atoms with Crippen molar-refractivity contribution >= 4 is 22.9 Å². The van der Waals surface area contributed by atoms with Crippen LogP contribution in [-0.2, 0) is 11.2 Å². The molecular weight excluding hydrogens is 236 g/mol. The van der Waals surface area contributed by atoms with E-state index in [1.165, 1.54) is 0 Å². The minimum absolute atomic E-state index is 0.114. The monoisotopic (exact) mass is 252 g/mol. The molecule has 0 aliphatic rings. The molecule has 0 aliphatic carbocycles. The Labute approximate surface area is 112 Å². The fourth-order valence-corrected chi connectivity index (χ4v) is 1.90. The largest absolute Gasteiger partial charge is 0.273 e. The second-order valence-corrected chi connectivity index (χ2v) is 4.15. The highest BCUT2D eigenvalue weighted by Crippen LogP contribution is 2.18. The van der Waals surface area contributed by atoms with Crippen molar-refractivity contribution in [2.45, 2.75) is 13.3 Å². The fraction of sp³-hybridized carbons (Fsp3) is 0.125. The zero-order valence-corrected chi connectivity index (χ0v) is 10.8. The fourth-order valence-electron chi connectivity index (χ4n) is 1.90. The first kappa shape index (κ1) is 13.0. The third-order valence-corrected chi connectivity index (χ3v) is 2.77. The quantitative estimate of drug-likeness (QED) is 0.659. The lowest BCUT2D eigenvalue weighted by atomic mass is 10.0. The molecule has 1 amide bonds. The van der Waals surface area contributed by atoms with Crippen molar-refractivity contribution in [3.8, 4) is 0 Å². The minimum atomic E-state index is -0.114. The molecule has 0 aliphatic heterocycles. The van der Waals surface area contributed by atoms with E-state index >= 15 is 0 Å². The number of nitrogens with zero attached hydrogens (tertiary/aromatic N) is 1. The zero-order valence-electron chi connectivity index (χ0n) is 10.8. The van der Waals surface area contributed by atoms with E-state index in [2.05, 4.69) is 10.5 Å². The van der Waals surface area contributed by atoms with Crippen LogP contribution in [0, 0.1) is 0 Å². The second kappa shape index (κ2) is 6.50. The molecule has 0 radical (unpaired) electrons. The summed E-state index contributed by atoms with van der Waals surface area (Å²) in [6.45, 7) is 1.89. The van der Waals surface area contributed by atoms with E-state index in [9.17, 15) is 4.79 Å². The van der Waals surface area contributed by atoms with Gasteiger partial charge < -0.3 is 0 Å². The van der Waals surface area contributed by atoms with Crippen LogP contribution in [0.2, 0.25) is 0 Å². The van der Waals surface area contributed by atoms with E-state index < -0.39 is 0 Å². The van der Waals surface area contributed by atoms with Crippen LogP contribution in [-0.4, -0.2) is 12.1 Å². The topological polar surface area (TPSA) is 41.5 Å². The number of carbonyl (C=O) groups excluding carboxylic acids is 1. The molecule has 0 bridgehead atoms. The van der Waals surface area contributed by atoms with Crippen LogP contribution in [0.25, 0.3) is 10.8 Å². The third kappa shape index (κ3) is 3.52. The Bertz CT molecular complexity index is 624. The maximum absolute atomic E-state index is 11.8. The molecule has 2 aromatic carbocycles. The van der Waals surface area contributed by atoms with Gasteiger partial charge >= 0.3 is 0 Å². The van der Waals surface area contributed by atoms with Crippen LogP contribution in [0.1, 0.15) is 12.5 Å². The first-order valence-electron chi connectivity index (χ1n) is 6.21. The van der Waals surface area contributed by atoms with Crippen LogP contribution < -0.4 is 5.43 Å². The van der Waals surface area contributed by atoms with Gasteiger partial charge in [-0.25, -0.2) is 5.43 Å². The molecule has 1 N–H and O–H groups in total. The van der Waals surface area contributed by atoms with Gasteiger partial charge in [-0.3, -0.25) is 4.79 Å². The van der Waals surface area contributed by atoms with Crippen molar-refractivity contribution < 1.29 is 4.79 Å². The molecule has 2 aromatic rings. The summed E-state index contributed by atoms with van der Waals surface area (Å²) >= 11 is 0. The summed E-state index contributed by atoms with van der Waals surface area (Å²) in [6.07, 6.45) is 5.49. The van der Waals surface area contributed by atoms with Crippen molar-refractivity contribution in [3.05, 3.63) is 60.2 Å². The van der Waals surface area contributed by atoms with Gasteiger partial charge in [-0.2, -0.15) is 5.10 Å². The highest BCUT2D eigenvalue weighted by Gasteiger charge is 2.05. The number of hydrogen-bond acceptors (Lipinski definition) is 2. The first-order chi connectivity index (χ1) is 9.31. The number of allylic oxidation sites excluding steroid dienone is 2. The van der Waals surface area contributed by atoms with Gasteiger partial charge in [-0.05, 0) is 29.3 Å². The maximum Gasteiger partial charge on any atom is 0.244 e. The summed E-state index contributed by atoms with van der Waals surface area (Å²) in [4.78, 5) is 11.8. The van der Waals surface area contributed by atoms with Gasteiger partial charge in [0.2, 0.25) is 5.91 Å². The van der Waals surface area contributed by atoms with Crippen LogP contribution >= 0.6 is 0 Å². The molecular formula is C16H16N2O. The summed E-state index contributed by atoms with van der Waals surface area (Å²) < 4.78 is 0. The van der Waals surface area contributed by atoms with Crippen molar-refractivity contribution in [2.75, 3.05) is 0 Å². The lowest BCUT2D eigenvalue weighted by molar-refractivity contribution is -0.120. The normalized spacial score (nSPS) is 11.4. The first-order valence-corrected chi connectivity index (χ1v) is 6.21. The number of nitrogens with one attached hydrogen (secondary N) is 1. The van der Waals surface area contributed by atoms with Crippen LogP contribution in [0.3, 0.4) is 0 Å². The number of benzene rings is 2. The predicted molar refractivity (Wildman–Crippen MR) is 79.1 cm³/mol. The smallest absolute Gasteiger partial charge is 0.244 e. The molecule has 96 valence electrons.